The van der Waals surface area contributed by atoms with Crippen LogP contribution < -0.4 is 5.56 Å². The maximum atomic E-state index is 12.6. The van der Waals surface area contributed by atoms with Crippen molar-refractivity contribution in [3.8, 4) is 17.2 Å². The number of aryl methyl sites for hydroxylation is 4. The summed E-state index contributed by atoms with van der Waals surface area (Å²) in [5.41, 5.74) is 8.07. The van der Waals surface area contributed by atoms with Gasteiger partial charge in [0, 0.05) is 25.1 Å². The van der Waals surface area contributed by atoms with Gasteiger partial charge in [-0.1, -0.05) is 35.5 Å². The van der Waals surface area contributed by atoms with E-state index in [0.717, 1.165) is 33.5 Å². The van der Waals surface area contributed by atoms with Crippen LogP contribution in [0.3, 0.4) is 0 Å². The Labute approximate surface area is 216 Å². The summed E-state index contributed by atoms with van der Waals surface area (Å²) in [7, 11) is 2.07. The zero-order chi connectivity index (χ0) is 25.0. The molecule has 9 heteroatoms. The number of thiophene rings is 1. The average molecular weight is 513 g/mol. The first-order valence-electron chi connectivity index (χ1n) is 11.6. The van der Waals surface area contributed by atoms with Gasteiger partial charge in [0.1, 0.15) is 5.65 Å². The molecule has 36 heavy (non-hydrogen) atoms. The molecule has 6 aromatic rings. The minimum absolute atomic E-state index is 0.0903. The van der Waals surface area contributed by atoms with Crippen LogP contribution in [0.15, 0.2) is 70.1 Å². The molecule has 6 rings (SSSR count). The van der Waals surface area contributed by atoms with Crippen molar-refractivity contribution < 1.29 is 0 Å². The molecule has 0 amide bonds. The Bertz CT molecular complexity index is 1800. The molecular formula is C27H24N6OS2. The van der Waals surface area contributed by atoms with Gasteiger partial charge in [0.2, 0.25) is 0 Å². The number of thioether (sulfide) groups is 1. The third kappa shape index (κ3) is 3.75. The van der Waals surface area contributed by atoms with E-state index in [2.05, 4.69) is 81.8 Å². The summed E-state index contributed by atoms with van der Waals surface area (Å²) in [6, 6.07) is 15.8. The van der Waals surface area contributed by atoms with Crippen molar-refractivity contribution in [1.82, 2.24) is 28.7 Å². The van der Waals surface area contributed by atoms with E-state index < -0.39 is 0 Å². The van der Waals surface area contributed by atoms with Crippen LogP contribution in [0.1, 0.15) is 22.4 Å². The van der Waals surface area contributed by atoms with E-state index in [4.69, 9.17) is 0 Å². The van der Waals surface area contributed by atoms with E-state index in [9.17, 15) is 4.79 Å². The molecule has 5 aromatic heterocycles. The summed E-state index contributed by atoms with van der Waals surface area (Å²) in [4.78, 5) is 17.3. The van der Waals surface area contributed by atoms with Crippen molar-refractivity contribution >= 4 is 39.0 Å². The van der Waals surface area contributed by atoms with Gasteiger partial charge in [0.05, 0.1) is 27.3 Å². The molecule has 0 radical (unpaired) electrons. The highest BCUT2D eigenvalue weighted by molar-refractivity contribution is 7.98. The topological polar surface area (TPSA) is 70.0 Å². The van der Waals surface area contributed by atoms with Gasteiger partial charge in [-0.25, -0.2) is 4.98 Å². The molecule has 0 unspecified atom stereocenters. The molecule has 0 aliphatic rings. The summed E-state index contributed by atoms with van der Waals surface area (Å²) in [5, 5.41) is 12.2. The molecule has 0 spiro atoms. The number of nitrogens with zero attached hydrogens (tertiary/aromatic N) is 6. The van der Waals surface area contributed by atoms with E-state index in [1.54, 1.807) is 28.0 Å². The third-order valence-electron chi connectivity index (χ3n) is 6.36. The number of pyridine rings is 1. The number of aromatic nitrogens is 6. The van der Waals surface area contributed by atoms with E-state index in [1.807, 2.05) is 18.2 Å². The molecule has 0 saturated heterocycles. The summed E-state index contributed by atoms with van der Waals surface area (Å²) >= 11 is 3.26. The van der Waals surface area contributed by atoms with Gasteiger partial charge in [0.25, 0.3) is 5.56 Å². The lowest BCUT2D eigenvalue weighted by molar-refractivity contribution is 0.865. The highest BCUT2D eigenvalue weighted by Crippen LogP contribution is 2.35. The normalized spacial score (nSPS) is 11.7. The van der Waals surface area contributed by atoms with Crippen LogP contribution in [0, 0.1) is 20.8 Å². The Kier molecular flexibility index (Phi) is 5.54. The minimum atomic E-state index is -0.0903. The number of benzene rings is 1. The van der Waals surface area contributed by atoms with Gasteiger partial charge in [-0.15, -0.1) is 21.5 Å². The van der Waals surface area contributed by atoms with Crippen LogP contribution >= 0.6 is 23.1 Å². The highest BCUT2D eigenvalue weighted by atomic mass is 32.2. The molecule has 7 nitrogen and oxygen atoms in total. The fourth-order valence-corrected chi connectivity index (χ4v) is 6.52. The summed E-state index contributed by atoms with van der Waals surface area (Å²) in [6.07, 6.45) is 1.73. The Balaban J connectivity index is 1.48. The number of rotatable bonds is 5. The average Bonchev–Trinajstić information content (AvgIpc) is 3.54. The lowest BCUT2D eigenvalue weighted by Gasteiger charge is -2.17. The molecule has 0 atom stereocenters. The van der Waals surface area contributed by atoms with Crippen LogP contribution in [0.25, 0.3) is 33.1 Å². The number of hydrogen-bond donors (Lipinski definition) is 0. The second-order valence-electron chi connectivity index (χ2n) is 8.95. The first-order chi connectivity index (χ1) is 17.4. The van der Waals surface area contributed by atoms with E-state index in [0.29, 0.717) is 17.1 Å². The van der Waals surface area contributed by atoms with E-state index >= 15 is 0 Å². The third-order valence-corrected chi connectivity index (χ3v) is 8.17. The lowest BCUT2D eigenvalue weighted by Crippen LogP contribution is -2.14. The van der Waals surface area contributed by atoms with Gasteiger partial charge >= 0.3 is 0 Å². The lowest BCUT2D eigenvalue weighted by atomic mass is 10.0. The molecule has 0 aliphatic heterocycles. The zero-order valence-electron chi connectivity index (χ0n) is 20.4. The molecule has 0 fully saturated rings. The molecular weight excluding hydrogens is 488 g/mol. The number of fused-ring (bicyclic) bond motifs is 2. The van der Waals surface area contributed by atoms with Gasteiger partial charge in [-0.05, 0) is 61.5 Å². The van der Waals surface area contributed by atoms with Crippen LogP contribution in [0.2, 0.25) is 0 Å². The smallest absolute Gasteiger partial charge is 0.258 e. The molecule has 0 saturated carbocycles. The Hall–Kier alpha value is -3.69. The largest absolute Gasteiger partial charge is 0.340 e. The molecule has 1 aromatic carbocycles. The van der Waals surface area contributed by atoms with Crippen molar-refractivity contribution in [3.05, 3.63) is 92.8 Å². The zero-order valence-corrected chi connectivity index (χ0v) is 22.0. The Morgan fingerprint density at radius 2 is 1.81 bits per heavy atom. The van der Waals surface area contributed by atoms with Gasteiger partial charge in [-0.2, -0.15) is 0 Å². The maximum absolute atomic E-state index is 12.6. The van der Waals surface area contributed by atoms with Crippen molar-refractivity contribution in [2.45, 2.75) is 31.7 Å². The Morgan fingerprint density at radius 3 is 2.58 bits per heavy atom. The van der Waals surface area contributed by atoms with Gasteiger partial charge < -0.3 is 4.57 Å². The van der Waals surface area contributed by atoms with E-state index in [1.165, 1.54) is 27.5 Å². The molecule has 0 bridgehead atoms. The van der Waals surface area contributed by atoms with Crippen molar-refractivity contribution in [3.63, 3.8) is 0 Å². The van der Waals surface area contributed by atoms with E-state index in [-0.39, 0.29) is 5.56 Å². The second-order valence-corrected chi connectivity index (χ2v) is 10.8. The standard InChI is InChI=1S/C27H24N6OS2/c1-16-11-17(2)25(18(3)12-16)33-26(21-14-22-20(31(21)4)8-10-35-22)29-30-27(33)36-15-19-13-24(34)32-9-6-5-7-23(32)28-19/h5-14H,15H2,1-4H3. The minimum Gasteiger partial charge on any atom is -0.340 e. The Morgan fingerprint density at radius 1 is 1.00 bits per heavy atom. The predicted molar refractivity (Wildman–Crippen MR) is 146 cm³/mol. The summed E-state index contributed by atoms with van der Waals surface area (Å²) in [5.74, 6) is 1.30. The first-order valence-corrected chi connectivity index (χ1v) is 13.4. The predicted octanol–water partition coefficient (Wildman–Crippen LogP) is 5.71. The highest BCUT2D eigenvalue weighted by Gasteiger charge is 2.22. The summed E-state index contributed by atoms with van der Waals surface area (Å²) in [6.45, 7) is 6.37. The van der Waals surface area contributed by atoms with Crippen LogP contribution in [0.4, 0.5) is 0 Å². The van der Waals surface area contributed by atoms with Crippen molar-refractivity contribution in [2.24, 2.45) is 7.05 Å². The quantitative estimate of drug-likeness (QED) is 0.277. The van der Waals surface area contributed by atoms with Gasteiger partial charge in [0.15, 0.2) is 11.0 Å². The molecule has 0 N–H and O–H groups in total. The van der Waals surface area contributed by atoms with Crippen molar-refractivity contribution in [1.29, 1.82) is 0 Å². The SMILES string of the molecule is Cc1cc(C)c(-n2c(SCc3cc(=O)n4ccccc4n3)nnc2-c2cc3sccc3n2C)c(C)c1. The maximum Gasteiger partial charge on any atom is 0.258 e. The molecule has 5 heterocycles. The van der Waals surface area contributed by atoms with Crippen LogP contribution in [0.5, 0.6) is 0 Å². The molecule has 180 valence electrons. The van der Waals surface area contributed by atoms with Crippen molar-refractivity contribution in [2.75, 3.05) is 0 Å². The fourth-order valence-electron chi connectivity index (χ4n) is 4.84. The van der Waals surface area contributed by atoms with Crippen LogP contribution in [-0.2, 0) is 12.8 Å². The van der Waals surface area contributed by atoms with Crippen LogP contribution in [-0.4, -0.2) is 28.7 Å². The number of hydrogen-bond acceptors (Lipinski definition) is 6. The fraction of sp³-hybridized carbons (Fsp3) is 0.185. The monoisotopic (exact) mass is 512 g/mol. The summed E-state index contributed by atoms with van der Waals surface area (Å²) < 4.78 is 7.09. The first kappa shape index (κ1) is 22.8. The second kappa shape index (κ2) is 8.76. The molecule has 0 aliphatic carbocycles. The van der Waals surface area contributed by atoms with Gasteiger partial charge in [-0.3, -0.25) is 13.8 Å².